The molecule has 0 radical (unpaired) electrons. The molecular formula is C15H16BrNO2S. The summed E-state index contributed by atoms with van der Waals surface area (Å²) in [6.07, 6.45) is 0.979. The van der Waals surface area contributed by atoms with Gasteiger partial charge in [0.15, 0.2) is 0 Å². The van der Waals surface area contributed by atoms with Crippen LogP contribution in [0, 0.1) is 0 Å². The van der Waals surface area contributed by atoms with Crippen molar-refractivity contribution in [2.24, 2.45) is 0 Å². The molecule has 1 aliphatic heterocycles. The number of hydrogen-bond acceptors (Lipinski definition) is 4. The highest BCUT2D eigenvalue weighted by Gasteiger charge is 2.21. The molecule has 1 N–H and O–H groups in total. The lowest BCUT2D eigenvalue weighted by molar-refractivity contribution is 0.251. The van der Waals surface area contributed by atoms with Crippen LogP contribution in [-0.2, 0) is 6.54 Å². The Morgan fingerprint density at radius 2 is 2.30 bits per heavy atom. The molecule has 0 saturated carbocycles. The first-order valence-electron chi connectivity index (χ1n) is 6.54. The number of halogens is 1. The molecule has 2 heterocycles. The van der Waals surface area contributed by atoms with Crippen LogP contribution >= 0.6 is 27.3 Å². The Labute approximate surface area is 131 Å². The molecule has 0 spiro atoms. The number of rotatable bonds is 4. The fourth-order valence-electron chi connectivity index (χ4n) is 2.38. The van der Waals surface area contributed by atoms with Crippen molar-refractivity contribution in [3.63, 3.8) is 0 Å². The highest BCUT2D eigenvalue weighted by atomic mass is 79.9. The normalized spacial score (nSPS) is 17.4. The highest BCUT2D eigenvalue weighted by Crippen LogP contribution is 2.35. The van der Waals surface area contributed by atoms with Crippen molar-refractivity contribution in [2.75, 3.05) is 13.7 Å². The molecule has 3 nitrogen and oxygen atoms in total. The number of hydrogen-bond donors (Lipinski definition) is 1. The Morgan fingerprint density at radius 3 is 3.05 bits per heavy atom. The molecule has 1 aliphatic rings. The molecule has 5 heteroatoms. The van der Waals surface area contributed by atoms with Gasteiger partial charge in [0.05, 0.1) is 17.5 Å². The van der Waals surface area contributed by atoms with Gasteiger partial charge in [0.2, 0.25) is 0 Å². The lowest BCUT2D eigenvalue weighted by Crippen LogP contribution is -2.26. The average molecular weight is 354 g/mol. The van der Waals surface area contributed by atoms with Gasteiger partial charge >= 0.3 is 0 Å². The quantitative estimate of drug-likeness (QED) is 0.896. The Hall–Kier alpha value is -1.04. The second-order valence-corrected chi connectivity index (χ2v) is 7.23. The first-order valence-corrected chi connectivity index (χ1v) is 8.15. The van der Waals surface area contributed by atoms with Crippen LogP contribution in [0.15, 0.2) is 34.1 Å². The van der Waals surface area contributed by atoms with Crippen LogP contribution in [0.2, 0.25) is 0 Å². The van der Waals surface area contributed by atoms with E-state index in [-0.39, 0.29) is 0 Å². The van der Waals surface area contributed by atoms with E-state index in [1.165, 1.54) is 14.2 Å². The van der Waals surface area contributed by atoms with Crippen molar-refractivity contribution in [1.82, 2.24) is 5.32 Å². The number of methoxy groups -OCH3 is 1. The number of nitrogens with one attached hydrogen (secondary N) is 1. The van der Waals surface area contributed by atoms with E-state index in [9.17, 15) is 0 Å². The SMILES string of the molecule is COc1ccc2c(c1)C(NCc1ccc(Br)s1)CCO2. The molecule has 0 saturated heterocycles. The van der Waals surface area contributed by atoms with Crippen molar-refractivity contribution >= 4 is 27.3 Å². The van der Waals surface area contributed by atoms with Gasteiger partial charge in [0.1, 0.15) is 11.5 Å². The molecule has 1 atom stereocenters. The van der Waals surface area contributed by atoms with E-state index in [4.69, 9.17) is 9.47 Å². The minimum absolute atomic E-state index is 0.315. The van der Waals surface area contributed by atoms with E-state index in [1.807, 2.05) is 12.1 Å². The molecule has 1 aromatic carbocycles. The predicted molar refractivity (Wildman–Crippen MR) is 84.7 cm³/mol. The maximum atomic E-state index is 5.71. The topological polar surface area (TPSA) is 30.5 Å². The molecule has 0 fully saturated rings. The number of fused-ring (bicyclic) bond motifs is 1. The molecule has 3 rings (SSSR count). The largest absolute Gasteiger partial charge is 0.497 e. The van der Waals surface area contributed by atoms with Gasteiger partial charge in [-0.3, -0.25) is 0 Å². The second-order valence-electron chi connectivity index (χ2n) is 4.68. The van der Waals surface area contributed by atoms with E-state index < -0.39 is 0 Å². The Bertz CT molecular complexity index is 599. The van der Waals surface area contributed by atoms with Crippen molar-refractivity contribution in [1.29, 1.82) is 0 Å². The van der Waals surface area contributed by atoms with E-state index in [0.717, 1.165) is 31.1 Å². The van der Waals surface area contributed by atoms with E-state index in [2.05, 4.69) is 39.4 Å². The Morgan fingerprint density at radius 1 is 1.40 bits per heavy atom. The molecule has 2 aromatic rings. The summed E-state index contributed by atoms with van der Waals surface area (Å²) >= 11 is 5.26. The number of thiophene rings is 1. The van der Waals surface area contributed by atoms with E-state index in [1.54, 1.807) is 18.4 Å². The Balaban J connectivity index is 1.75. The van der Waals surface area contributed by atoms with Gasteiger partial charge in [0.25, 0.3) is 0 Å². The summed E-state index contributed by atoms with van der Waals surface area (Å²) in [5.41, 5.74) is 1.19. The predicted octanol–water partition coefficient (Wildman–Crippen LogP) is 4.13. The standard InChI is InChI=1S/C15H16BrNO2S/c1-18-10-2-4-14-12(8-10)13(6-7-19-14)17-9-11-3-5-15(16)20-11/h2-5,8,13,17H,6-7,9H2,1H3. The molecule has 0 amide bonds. The van der Waals surface area contributed by atoms with Crippen molar-refractivity contribution in [3.8, 4) is 11.5 Å². The molecule has 1 unspecified atom stereocenters. The molecule has 0 bridgehead atoms. The minimum atomic E-state index is 0.315. The van der Waals surface area contributed by atoms with Crippen LogP contribution in [-0.4, -0.2) is 13.7 Å². The van der Waals surface area contributed by atoms with Crippen molar-refractivity contribution in [2.45, 2.75) is 19.0 Å². The molecule has 1 aromatic heterocycles. The van der Waals surface area contributed by atoms with Crippen LogP contribution in [0.5, 0.6) is 11.5 Å². The lowest BCUT2D eigenvalue weighted by atomic mass is 10.00. The van der Waals surface area contributed by atoms with Crippen LogP contribution in [0.1, 0.15) is 22.9 Å². The summed E-state index contributed by atoms with van der Waals surface area (Å²) in [7, 11) is 1.69. The van der Waals surface area contributed by atoms with Gasteiger partial charge in [-0.2, -0.15) is 0 Å². The van der Waals surface area contributed by atoms with Crippen molar-refractivity contribution < 1.29 is 9.47 Å². The first kappa shape index (κ1) is 13.9. The van der Waals surface area contributed by atoms with Gasteiger partial charge < -0.3 is 14.8 Å². The van der Waals surface area contributed by atoms with Crippen LogP contribution < -0.4 is 14.8 Å². The smallest absolute Gasteiger partial charge is 0.124 e. The molecule has 20 heavy (non-hydrogen) atoms. The van der Waals surface area contributed by atoms with Crippen LogP contribution in [0.25, 0.3) is 0 Å². The third-order valence-electron chi connectivity index (χ3n) is 3.41. The average Bonchev–Trinajstić information content (AvgIpc) is 2.90. The van der Waals surface area contributed by atoms with Crippen LogP contribution in [0.4, 0.5) is 0 Å². The third kappa shape index (κ3) is 3.00. The highest BCUT2D eigenvalue weighted by molar-refractivity contribution is 9.11. The molecule has 106 valence electrons. The third-order valence-corrected chi connectivity index (χ3v) is 5.03. The van der Waals surface area contributed by atoms with E-state index in [0.29, 0.717) is 6.04 Å². The van der Waals surface area contributed by atoms with Crippen LogP contribution in [0.3, 0.4) is 0 Å². The summed E-state index contributed by atoms with van der Waals surface area (Å²) in [4.78, 5) is 1.33. The maximum Gasteiger partial charge on any atom is 0.124 e. The summed E-state index contributed by atoms with van der Waals surface area (Å²) in [5, 5.41) is 3.61. The zero-order chi connectivity index (χ0) is 13.9. The zero-order valence-electron chi connectivity index (χ0n) is 11.2. The van der Waals surface area contributed by atoms with Gasteiger partial charge in [0, 0.05) is 29.4 Å². The molecule has 0 aliphatic carbocycles. The maximum absolute atomic E-state index is 5.71. The Kier molecular flexibility index (Phi) is 4.29. The molecular weight excluding hydrogens is 338 g/mol. The minimum Gasteiger partial charge on any atom is -0.497 e. The lowest BCUT2D eigenvalue weighted by Gasteiger charge is -2.27. The van der Waals surface area contributed by atoms with Gasteiger partial charge in [-0.1, -0.05) is 0 Å². The monoisotopic (exact) mass is 353 g/mol. The van der Waals surface area contributed by atoms with E-state index >= 15 is 0 Å². The summed E-state index contributed by atoms with van der Waals surface area (Å²) < 4.78 is 12.2. The fraction of sp³-hybridized carbons (Fsp3) is 0.333. The van der Waals surface area contributed by atoms with Gasteiger partial charge in [-0.25, -0.2) is 0 Å². The number of benzene rings is 1. The zero-order valence-corrected chi connectivity index (χ0v) is 13.6. The summed E-state index contributed by atoms with van der Waals surface area (Å²) in [6.45, 7) is 1.63. The first-order chi connectivity index (χ1) is 9.76. The summed E-state index contributed by atoms with van der Waals surface area (Å²) in [5.74, 6) is 1.84. The van der Waals surface area contributed by atoms with Gasteiger partial charge in [-0.15, -0.1) is 11.3 Å². The van der Waals surface area contributed by atoms with Gasteiger partial charge in [-0.05, 0) is 46.3 Å². The number of ether oxygens (including phenoxy) is 2. The summed E-state index contributed by atoms with van der Waals surface area (Å²) in [6, 6.07) is 10.5. The fourth-order valence-corrected chi connectivity index (χ4v) is 3.82. The second kappa shape index (κ2) is 6.16. The van der Waals surface area contributed by atoms with Crippen molar-refractivity contribution in [3.05, 3.63) is 44.6 Å².